The fourth-order valence-electron chi connectivity index (χ4n) is 4.65. The van der Waals surface area contributed by atoms with Crippen LogP contribution in [-0.4, -0.2) is 36.4 Å². The van der Waals surface area contributed by atoms with Crippen molar-refractivity contribution in [1.82, 2.24) is 5.32 Å². The van der Waals surface area contributed by atoms with Crippen LogP contribution in [0.5, 0.6) is 0 Å². The number of carboxylic acids is 1. The van der Waals surface area contributed by atoms with Crippen molar-refractivity contribution in [2.75, 3.05) is 13.1 Å². The third kappa shape index (κ3) is 4.86. The van der Waals surface area contributed by atoms with Gasteiger partial charge in [0.15, 0.2) is 0 Å². The van der Waals surface area contributed by atoms with Gasteiger partial charge in [-0.1, -0.05) is 38.3 Å². The van der Waals surface area contributed by atoms with Crippen molar-refractivity contribution in [1.29, 1.82) is 0 Å². The number of hydrogen-bond donors (Lipinski definition) is 2. The Balaban J connectivity index is 1.46. The lowest BCUT2D eigenvalue weighted by atomic mass is 9.76. The molecule has 1 aromatic carbocycles. The van der Waals surface area contributed by atoms with Crippen molar-refractivity contribution in [3.8, 4) is 0 Å². The summed E-state index contributed by atoms with van der Waals surface area (Å²) in [4.78, 5) is 11.0. The first-order chi connectivity index (χ1) is 12.7. The first-order valence-corrected chi connectivity index (χ1v) is 10.4. The van der Waals surface area contributed by atoms with Crippen LogP contribution < -0.4 is 5.32 Å². The molecule has 2 bridgehead atoms. The number of carbonyl (C=O) groups is 1. The minimum absolute atomic E-state index is 0.363. The highest BCUT2D eigenvalue weighted by atomic mass is 16.5. The van der Waals surface area contributed by atoms with Gasteiger partial charge in [-0.05, 0) is 62.3 Å². The van der Waals surface area contributed by atoms with Gasteiger partial charge < -0.3 is 15.2 Å². The maximum absolute atomic E-state index is 11.0. The molecule has 0 radical (unpaired) electrons. The Morgan fingerprint density at radius 2 is 1.85 bits per heavy atom. The Morgan fingerprint density at radius 1 is 1.12 bits per heavy atom. The molecular weight excluding hydrogens is 326 g/mol. The lowest BCUT2D eigenvalue weighted by Gasteiger charge is -2.28. The zero-order valence-corrected chi connectivity index (χ0v) is 16.0. The highest BCUT2D eigenvalue weighted by Crippen LogP contribution is 2.45. The van der Waals surface area contributed by atoms with Gasteiger partial charge in [0.1, 0.15) is 0 Å². The van der Waals surface area contributed by atoms with Crippen molar-refractivity contribution in [2.24, 2.45) is 11.8 Å². The van der Waals surface area contributed by atoms with E-state index in [1.54, 1.807) is 12.1 Å². The van der Waals surface area contributed by atoms with E-state index in [1.807, 2.05) is 12.1 Å². The van der Waals surface area contributed by atoms with Crippen LogP contribution in [0.4, 0.5) is 0 Å². The van der Waals surface area contributed by atoms with Gasteiger partial charge in [0.25, 0.3) is 0 Å². The number of rotatable bonds is 11. The van der Waals surface area contributed by atoms with Crippen molar-refractivity contribution < 1.29 is 14.6 Å². The largest absolute Gasteiger partial charge is 0.478 e. The van der Waals surface area contributed by atoms with Crippen LogP contribution in [0.3, 0.4) is 0 Å². The van der Waals surface area contributed by atoms with Crippen LogP contribution in [0, 0.1) is 11.8 Å². The van der Waals surface area contributed by atoms with Gasteiger partial charge in [0.05, 0.1) is 17.8 Å². The molecule has 1 aromatic rings. The number of aryl methyl sites for hydroxylation is 1. The third-order valence-electron chi connectivity index (χ3n) is 6.14. The molecule has 2 fully saturated rings. The molecule has 26 heavy (non-hydrogen) atoms. The Morgan fingerprint density at radius 3 is 2.54 bits per heavy atom. The number of ether oxygens (including phenoxy) is 1. The van der Waals surface area contributed by atoms with E-state index in [0.29, 0.717) is 29.6 Å². The average molecular weight is 360 g/mol. The Kier molecular flexibility index (Phi) is 7.09. The van der Waals surface area contributed by atoms with E-state index in [2.05, 4.69) is 12.2 Å². The fourth-order valence-corrected chi connectivity index (χ4v) is 4.65. The van der Waals surface area contributed by atoms with Crippen LogP contribution in [-0.2, 0) is 11.2 Å². The molecule has 2 aliphatic rings. The molecule has 0 aliphatic carbocycles. The summed E-state index contributed by atoms with van der Waals surface area (Å²) >= 11 is 0. The van der Waals surface area contributed by atoms with E-state index < -0.39 is 5.97 Å². The molecule has 0 spiro atoms. The minimum atomic E-state index is -0.858. The van der Waals surface area contributed by atoms with Crippen LogP contribution in [0.2, 0.25) is 0 Å². The van der Waals surface area contributed by atoms with Crippen molar-refractivity contribution >= 4 is 5.97 Å². The fraction of sp³-hybridized carbons (Fsp3) is 0.682. The molecule has 2 N–H and O–H groups in total. The zero-order chi connectivity index (χ0) is 18.4. The van der Waals surface area contributed by atoms with Gasteiger partial charge in [-0.15, -0.1) is 0 Å². The quantitative estimate of drug-likeness (QED) is 0.579. The maximum atomic E-state index is 11.0. The summed E-state index contributed by atoms with van der Waals surface area (Å²) in [6.07, 6.45) is 10.7. The molecule has 3 rings (SSSR count). The van der Waals surface area contributed by atoms with Crippen LogP contribution in [0.15, 0.2) is 24.3 Å². The van der Waals surface area contributed by atoms with Crippen molar-refractivity contribution in [2.45, 2.75) is 70.5 Å². The number of nitrogens with one attached hydrogen (secondary N) is 1. The van der Waals surface area contributed by atoms with Crippen LogP contribution in [0.1, 0.15) is 67.8 Å². The second-order valence-corrected chi connectivity index (χ2v) is 7.92. The average Bonchev–Trinajstić information content (AvgIpc) is 3.25. The summed E-state index contributed by atoms with van der Waals surface area (Å²) in [5.74, 6) is 0.414. The molecule has 144 valence electrons. The van der Waals surface area contributed by atoms with E-state index in [0.717, 1.165) is 25.9 Å². The molecule has 0 saturated carbocycles. The van der Waals surface area contributed by atoms with Crippen molar-refractivity contribution in [3.63, 3.8) is 0 Å². The molecule has 2 saturated heterocycles. The smallest absolute Gasteiger partial charge is 0.335 e. The molecule has 0 unspecified atom stereocenters. The molecule has 4 heteroatoms. The van der Waals surface area contributed by atoms with Gasteiger partial charge in [0, 0.05) is 12.5 Å². The van der Waals surface area contributed by atoms with E-state index in [9.17, 15) is 4.79 Å². The molecule has 2 aliphatic heterocycles. The summed E-state index contributed by atoms with van der Waals surface area (Å²) in [5.41, 5.74) is 1.59. The van der Waals surface area contributed by atoms with Crippen LogP contribution >= 0.6 is 0 Å². The molecule has 2 heterocycles. The van der Waals surface area contributed by atoms with E-state index >= 15 is 0 Å². The minimum Gasteiger partial charge on any atom is -0.478 e. The summed E-state index contributed by atoms with van der Waals surface area (Å²) < 4.78 is 6.21. The first-order valence-electron chi connectivity index (χ1n) is 10.4. The van der Waals surface area contributed by atoms with Crippen LogP contribution in [0.25, 0.3) is 0 Å². The lowest BCUT2D eigenvalue weighted by Crippen LogP contribution is -2.36. The number of carboxylic acid groups (broad SMARTS) is 1. The van der Waals surface area contributed by atoms with E-state index in [-0.39, 0.29) is 0 Å². The lowest BCUT2D eigenvalue weighted by molar-refractivity contribution is 0.0697. The summed E-state index contributed by atoms with van der Waals surface area (Å²) in [7, 11) is 0. The monoisotopic (exact) mass is 359 g/mol. The SMILES string of the molecule is CCCCCCNC[C@@H]1[C@H](CCc2ccc(C(=O)O)cc2)[C@@H]2CC[C@H]1O2. The summed E-state index contributed by atoms with van der Waals surface area (Å²) in [6.45, 7) is 4.45. The Bertz CT molecular complexity index is 571. The highest BCUT2D eigenvalue weighted by Gasteiger charge is 2.47. The van der Waals surface area contributed by atoms with Gasteiger partial charge >= 0.3 is 5.97 Å². The maximum Gasteiger partial charge on any atom is 0.335 e. The van der Waals surface area contributed by atoms with Crippen molar-refractivity contribution in [3.05, 3.63) is 35.4 Å². The first kappa shape index (κ1) is 19.4. The number of fused-ring (bicyclic) bond motifs is 2. The predicted octanol–water partition coefficient (Wildman–Crippen LogP) is 4.28. The summed E-state index contributed by atoms with van der Waals surface area (Å²) in [5, 5.41) is 12.7. The van der Waals surface area contributed by atoms with Gasteiger partial charge in [-0.25, -0.2) is 4.79 Å². The number of unbranched alkanes of at least 4 members (excludes halogenated alkanes) is 3. The normalized spacial score (nSPS) is 27.1. The second-order valence-electron chi connectivity index (χ2n) is 7.92. The zero-order valence-electron chi connectivity index (χ0n) is 16.0. The van der Waals surface area contributed by atoms with Gasteiger partial charge in [0.2, 0.25) is 0 Å². The van der Waals surface area contributed by atoms with Gasteiger partial charge in [-0.2, -0.15) is 0 Å². The van der Waals surface area contributed by atoms with E-state index in [4.69, 9.17) is 9.84 Å². The number of benzene rings is 1. The molecular formula is C22H33NO3. The molecule has 0 amide bonds. The molecule has 4 atom stereocenters. The third-order valence-corrected chi connectivity index (χ3v) is 6.14. The number of hydrogen-bond acceptors (Lipinski definition) is 3. The van der Waals surface area contributed by atoms with Gasteiger partial charge in [-0.3, -0.25) is 0 Å². The Labute approximate surface area is 157 Å². The molecule has 0 aromatic heterocycles. The molecule has 4 nitrogen and oxygen atoms in total. The second kappa shape index (κ2) is 9.52. The number of aromatic carboxylic acids is 1. The van der Waals surface area contributed by atoms with E-state index in [1.165, 1.54) is 44.1 Å². The topological polar surface area (TPSA) is 58.6 Å². The standard InChI is InChI=1S/C22H33NO3/c1-2-3-4-5-14-23-15-19-18(20-12-13-21(19)26-20)11-8-16-6-9-17(10-7-16)22(24)25/h6-7,9-10,18-21,23H,2-5,8,11-15H2,1H3,(H,24,25)/t18-,19+,20-,21+/m0/s1. The highest BCUT2D eigenvalue weighted by molar-refractivity contribution is 5.87. The Hall–Kier alpha value is -1.39. The summed E-state index contributed by atoms with van der Waals surface area (Å²) in [6, 6.07) is 7.34. The predicted molar refractivity (Wildman–Crippen MR) is 104 cm³/mol.